The number of carbonyl (C=O) groups excluding carboxylic acids is 1. The van der Waals surface area contributed by atoms with E-state index in [-0.39, 0.29) is 17.8 Å². The van der Waals surface area contributed by atoms with Crippen LogP contribution in [0.1, 0.15) is 0 Å². The Labute approximate surface area is 139 Å². The van der Waals surface area contributed by atoms with Gasteiger partial charge in [0, 0.05) is 31.2 Å². The third-order valence-corrected chi connectivity index (χ3v) is 4.95. The lowest BCUT2D eigenvalue weighted by Crippen LogP contribution is -2.60. The molecule has 3 rings (SSSR count). The van der Waals surface area contributed by atoms with E-state index in [9.17, 15) is 9.18 Å². The summed E-state index contributed by atoms with van der Waals surface area (Å²) in [4.78, 5) is 21.4. The number of likely N-dealkylation sites (N-methyl/N-ethyl adjacent to an activating group) is 1. The third-order valence-electron chi connectivity index (χ3n) is 3.95. The second kappa shape index (κ2) is 7.00. The zero-order chi connectivity index (χ0) is 16.2. The maximum absolute atomic E-state index is 12.9. The smallest absolute Gasteiger partial charge is 0.233 e. The molecule has 0 radical (unpaired) electrons. The van der Waals surface area contributed by atoms with E-state index >= 15 is 0 Å². The van der Waals surface area contributed by atoms with E-state index in [4.69, 9.17) is 0 Å². The molecule has 1 saturated heterocycles. The van der Waals surface area contributed by atoms with Gasteiger partial charge in [0.25, 0.3) is 0 Å². The Morgan fingerprint density at radius 3 is 2.70 bits per heavy atom. The fourth-order valence-corrected chi connectivity index (χ4v) is 3.23. The molecule has 1 fully saturated rings. The van der Waals surface area contributed by atoms with Crippen LogP contribution in [0.25, 0.3) is 0 Å². The molecule has 120 valence electrons. The van der Waals surface area contributed by atoms with Gasteiger partial charge in [0.15, 0.2) is 0 Å². The lowest BCUT2D eigenvalue weighted by Gasteiger charge is -2.44. The lowest BCUT2D eigenvalue weighted by atomic mass is 10.1. The molecule has 1 aliphatic heterocycles. The molecule has 0 unspecified atom stereocenters. The van der Waals surface area contributed by atoms with Crippen molar-refractivity contribution >= 4 is 23.5 Å². The number of hydrogen-bond acceptors (Lipinski definition) is 4. The monoisotopic (exact) mass is 331 g/mol. The average Bonchev–Trinajstić information content (AvgIpc) is 2.53. The van der Waals surface area contributed by atoms with Gasteiger partial charge in [-0.3, -0.25) is 4.79 Å². The Bertz CT molecular complexity index is 659. The van der Waals surface area contributed by atoms with Gasteiger partial charge in [0.05, 0.1) is 11.8 Å². The number of carbonyl (C=O) groups is 1. The van der Waals surface area contributed by atoms with Crippen LogP contribution in [0, 0.1) is 5.82 Å². The molecule has 0 spiro atoms. The summed E-state index contributed by atoms with van der Waals surface area (Å²) >= 11 is 1.43. The molecule has 23 heavy (non-hydrogen) atoms. The van der Waals surface area contributed by atoms with Crippen molar-refractivity contribution in [1.82, 2.24) is 9.88 Å². The predicted octanol–water partition coefficient (Wildman–Crippen LogP) is 2.66. The molecule has 1 aromatic carbocycles. The number of benzene rings is 1. The minimum atomic E-state index is -0.262. The minimum Gasteiger partial charge on any atom is -0.352 e. The number of halogens is 1. The zero-order valence-electron chi connectivity index (χ0n) is 12.9. The molecule has 0 saturated carbocycles. The largest absolute Gasteiger partial charge is 0.352 e. The highest BCUT2D eigenvalue weighted by molar-refractivity contribution is 8.00. The van der Waals surface area contributed by atoms with Crippen LogP contribution in [0.3, 0.4) is 0 Å². The van der Waals surface area contributed by atoms with Crippen molar-refractivity contribution in [3.8, 4) is 0 Å². The summed E-state index contributed by atoms with van der Waals surface area (Å²) in [5, 5.41) is 0. The number of thioether (sulfide) groups is 1. The molecule has 0 N–H and O–H groups in total. The Hall–Kier alpha value is -2.08. The van der Waals surface area contributed by atoms with Crippen LogP contribution in [0.15, 0.2) is 53.6 Å². The second-order valence-corrected chi connectivity index (χ2v) is 6.54. The highest BCUT2D eigenvalue weighted by Gasteiger charge is 2.32. The first kappa shape index (κ1) is 15.8. The van der Waals surface area contributed by atoms with Crippen molar-refractivity contribution in [2.45, 2.75) is 10.9 Å². The summed E-state index contributed by atoms with van der Waals surface area (Å²) < 4.78 is 12.9. The molecule has 2 aromatic rings. The van der Waals surface area contributed by atoms with E-state index in [0.29, 0.717) is 5.75 Å². The van der Waals surface area contributed by atoms with Gasteiger partial charge in [-0.15, -0.1) is 11.8 Å². The van der Waals surface area contributed by atoms with Gasteiger partial charge in [-0.25, -0.2) is 9.37 Å². The van der Waals surface area contributed by atoms with Gasteiger partial charge >= 0.3 is 0 Å². The van der Waals surface area contributed by atoms with Crippen LogP contribution < -0.4 is 4.90 Å². The Kier molecular flexibility index (Phi) is 4.81. The average molecular weight is 331 g/mol. The Morgan fingerprint density at radius 1 is 1.30 bits per heavy atom. The van der Waals surface area contributed by atoms with E-state index in [2.05, 4.69) is 9.88 Å². The van der Waals surface area contributed by atoms with Gasteiger partial charge in [-0.05, 0) is 36.4 Å². The predicted molar refractivity (Wildman–Crippen MR) is 90.1 cm³/mol. The lowest BCUT2D eigenvalue weighted by molar-refractivity contribution is -0.129. The number of hydrogen-bond donors (Lipinski definition) is 0. The highest BCUT2D eigenvalue weighted by atomic mass is 32.2. The van der Waals surface area contributed by atoms with Crippen molar-refractivity contribution in [2.75, 3.05) is 30.8 Å². The highest BCUT2D eigenvalue weighted by Crippen LogP contribution is 2.23. The van der Waals surface area contributed by atoms with Crippen molar-refractivity contribution in [3.63, 3.8) is 0 Å². The van der Waals surface area contributed by atoms with Crippen molar-refractivity contribution in [2.24, 2.45) is 0 Å². The van der Waals surface area contributed by atoms with Crippen molar-refractivity contribution in [3.05, 3.63) is 54.5 Å². The SMILES string of the molecule is CN(C(=O)CSc1ccc(F)cc1)C1CN(c2ccccn2)C1. The fourth-order valence-electron chi connectivity index (χ4n) is 2.41. The maximum atomic E-state index is 12.9. The van der Waals surface area contributed by atoms with Gasteiger partial charge < -0.3 is 9.80 Å². The first-order chi connectivity index (χ1) is 11.1. The van der Waals surface area contributed by atoms with Gasteiger partial charge in [-0.1, -0.05) is 6.07 Å². The third kappa shape index (κ3) is 3.82. The quantitative estimate of drug-likeness (QED) is 0.789. The number of nitrogens with zero attached hydrogens (tertiary/aromatic N) is 3. The zero-order valence-corrected chi connectivity index (χ0v) is 13.7. The summed E-state index contributed by atoms with van der Waals surface area (Å²) in [5.74, 6) is 1.14. The maximum Gasteiger partial charge on any atom is 0.233 e. The summed E-state index contributed by atoms with van der Waals surface area (Å²) in [6.45, 7) is 1.61. The van der Waals surface area contributed by atoms with E-state index in [1.165, 1.54) is 23.9 Å². The summed E-state index contributed by atoms with van der Waals surface area (Å²) in [6, 6.07) is 12.3. The van der Waals surface area contributed by atoms with Crippen molar-refractivity contribution in [1.29, 1.82) is 0 Å². The van der Waals surface area contributed by atoms with Crippen LogP contribution in [0.2, 0.25) is 0 Å². The molecule has 0 atom stereocenters. The van der Waals surface area contributed by atoms with Crippen LogP contribution in [0.4, 0.5) is 10.2 Å². The van der Waals surface area contributed by atoms with E-state index in [0.717, 1.165) is 23.8 Å². The van der Waals surface area contributed by atoms with Gasteiger partial charge in [0.2, 0.25) is 5.91 Å². The number of anilines is 1. The van der Waals surface area contributed by atoms with E-state index in [1.807, 2.05) is 25.2 Å². The van der Waals surface area contributed by atoms with Crippen LogP contribution in [0.5, 0.6) is 0 Å². The molecule has 2 heterocycles. The van der Waals surface area contributed by atoms with Crippen LogP contribution in [-0.2, 0) is 4.79 Å². The summed E-state index contributed by atoms with van der Waals surface area (Å²) in [5.41, 5.74) is 0. The Morgan fingerprint density at radius 2 is 2.04 bits per heavy atom. The first-order valence-corrected chi connectivity index (χ1v) is 8.42. The molecule has 4 nitrogen and oxygen atoms in total. The molecule has 0 aliphatic carbocycles. The normalized spacial score (nSPS) is 14.4. The fraction of sp³-hybridized carbons (Fsp3) is 0.294. The topological polar surface area (TPSA) is 36.4 Å². The standard InChI is InChI=1S/C17H18FN3OS/c1-20(14-10-21(11-14)16-4-2-3-9-19-16)17(22)12-23-15-7-5-13(18)6-8-15/h2-9,14H,10-12H2,1H3. The molecule has 0 bridgehead atoms. The van der Waals surface area contributed by atoms with Crippen LogP contribution >= 0.6 is 11.8 Å². The van der Waals surface area contributed by atoms with Gasteiger partial charge in [0.1, 0.15) is 11.6 Å². The molecule has 6 heteroatoms. The minimum absolute atomic E-state index is 0.0880. The molecular formula is C17H18FN3OS. The summed E-state index contributed by atoms with van der Waals surface area (Å²) in [7, 11) is 1.84. The van der Waals surface area contributed by atoms with Crippen molar-refractivity contribution < 1.29 is 9.18 Å². The van der Waals surface area contributed by atoms with Gasteiger partial charge in [-0.2, -0.15) is 0 Å². The number of rotatable bonds is 5. The first-order valence-electron chi connectivity index (χ1n) is 7.43. The molecule has 1 aliphatic rings. The Balaban J connectivity index is 1.46. The number of pyridine rings is 1. The molecule has 1 amide bonds. The van der Waals surface area contributed by atoms with E-state index in [1.54, 1.807) is 23.2 Å². The molecule has 1 aromatic heterocycles. The second-order valence-electron chi connectivity index (χ2n) is 5.49. The summed E-state index contributed by atoms with van der Waals surface area (Å²) in [6.07, 6.45) is 1.77. The number of aromatic nitrogens is 1. The van der Waals surface area contributed by atoms with Crippen LogP contribution in [-0.4, -0.2) is 47.7 Å². The molecular weight excluding hydrogens is 313 g/mol. The van der Waals surface area contributed by atoms with E-state index < -0.39 is 0 Å². The number of amides is 1.